The average Bonchev–Trinajstić information content (AvgIpc) is 3.20. The Kier molecular flexibility index (Phi) is 7.37. The molecular weight excluding hydrogens is 443 g/mol. The van der Waals surface area contributed by atoms with Crippen LogP contribution in [0.5, 0.6) is 5.75 Å². The van der Waals surface area contributed by atoms with Gasteiger partial charge in [0.25, 0.3) is 0 Å². The van der Waals surface area contributed by atoms with Crippen LogP contribution in [-0.2, 0) is 0 Å². The van der Waals surface area contributed by atoms with Gasteiger partial charge < -0.3 is 4.74 Å². The lowest BCUT2D eigenvalue weighted by Crippen LogP contribution is -2.48. The summed E-state index contributed by atoms with van der Waals surface area (Å²) in [5.41, 5.74) is 13.3. The highest BCUT2D eigenvalue weighted by molar-refractivity contribution is 7.13. The van der Waals surface area contributed by atoms with E-state index in [9.17, 15) is 0 Å². The highest BCUT2D eigenvalue weighted by atomic mass is 32.1. The summed E-state index contributed by atoms with van der Waals surface area (Å²) >= 11 is 1.85. The van der Waals surface area contributed by atoms with Crippen molar-refractivity contribution in [1.29, 1.82) is 0 Å². The first-order valence-corrected chi connectivity index (χ1v) is 13.1. The van der Waals surface area contributed by atoms with E-state index in [0.717, 1.165) is 5.75 Å². The first kappa shape index (κ1) is 25.1. The molecule has 0 saturated heterocycles. The van der Waals surface area contributed by atoms with Gasteiger partial charge in [-0.1, -0.05) is 86.2 Å². The van der Waals surface area contributed by atoms with Crippen LogP contribution in [0.25, 0.3) is 11.5 Å². The molecule has 0 bridgehead atoms. The third kappa shape index (κ3) is 5.31. The van der Waals surface area contributed by atoms with Crippen molar-refractivity contribution < 1.29 is 4.74 Å². The van der Waals surface area contributed by atoms with Crippen LogP contribution < -0.4 is 15.7 Å². The van der Waals surface area contributed by atoms with Gasteiger partial charge in [0, 0.05) is 9.75 Å². The summed E-state index contributed by atoms with van der Waals surface area (Å²) < 4.78 is 5.49. The van der Waals surface area contributed by atoms with Crippen LogP contribution in [-0.4, -0.2) is 13.8 Å². The topological polar surface area (TPSA) is 9.23 Å². The zero-order valence-electron chi connectivity index (χ0n) is 22.2. The molecule has 178 valence electrons. The number of hydrogen-bond donors (Lipinski definition) is 0. The Labute approximate surface area is 215 Å². The highest BCUT2D eigenvalue weighted by Crippen LogP contribution is 2.29. The number of rotatable bonds is 6. The van der Waals surface area contributed by atoms with Crippen LogP contribution >= 0.6 is 11.3 Å². The van der Waals surface area contributed by atoms with Gasteiger partial charge in [-0.2, -0.15) is 0 Å². The number of ether oxygens (including phenoxy) is 1. The predicted molar refractivity (Wildman–Crippen MR) is 156 cm³/mol. The van der Waals surface area contributed by atoms with Gasteiger partial charge in [0.05, 0.1) is 7.11 Å². The van der Waals surface area contributed by atoms with Crippen molar-refractivity contribution in [1.82, 2.24) is 0 Å². The lowest BCUT2D eigenvalue weighted by molar-refractivity contribution is 0.415. The van der Waals surface area contributed by atoms with Crippen molar-refractivity contribution in [2.24, 2.45) is 0 Å². The minimum absolute atomic E-state index is 0.118. The molecule has 1 nitrogen and oxygen atoms in total. The molecule has 0 aliphatic carbocycles. The second-order valence-electron chi connectivity index (χ2n) is 9.83. The Morgan fingerprint density at radius 2 is 1.17 bits per heavy atom. The zero-order valence-corrected chi connectivity index (χ0v) is 23.1. The fourth-order valence-electron chi connectivity index (χ4n) is 5.55. The molecule has 4 aromatic rings. The van der Waals surface area contributed by atoms with Gasteiger partial charge in [-0.25, -0.2) is 0 Å². The van der Waals surface area contributed by atoms with Crippen LogP contribution in [0.4, 0.5) is 0 Å². The molecule has 0 amide bonds. The molecule has 0 unspecified atom stereocenters. The van der Waals surface area contributed by atoms with E-state index in [1.54, 1.807) is 7.11 Å². The van der Waals surface area contributed by atoms with Gasteiger partial charge in [-0.15, -0.1) is 11.3 Å². The van der Waals surface area contributed by atoms with Crippen molar-refractivity contribution in [3.05, 3.63) is 109 Å². The van der Waals surface area contributed by atoms with Crippen LogP contribution in [0, 0.1) is 48.5 Å². The van der Waals surface area contributed by atoms with E-state index in [0.29, 0.717) is 0 Å². The molecule has 1 aromatic heterocycles. The first-order valence-electron chi connectivity index (χ1n) is 12.3. The molecule has 0 aliphatic rings. The largest absolute Gasteiger partial charge is 0.497 e. The Morgan fingerprint density at radius 3 is 1.57 bits per heavy atom. The summed E-state index contributed by atoms with van der Waals surface area (Å²) in [5, 5.41) is 0. The van der Waals surface area contributed by atoms with Gasteiger partial charge in [0.2, 0.25) is 6.71 Å². The minimum atomic E-state index is 0.118. The highest BCUT2D eigenvalue weighted by Gasteiger charge is 2.31. The van der Waals surface area contributed by atoms with E-state index in [-0.39, 0.29) is 6.71 Å². The molecule has 0 fully saturated rings. The molecule has 0 N–H and O–H groups in total. The Morgan fingerprint density at radius 1 is 0.686 bits per heavy atom. The summed E-state index contributed by atoms with van der Waals surface area (Å²) in [6.45, 7) is 15.7. The minimum Gasteiger partial charge on any atom is -0.497 e. The summed E-state index contributed by atoms with van der Waals surface area (Å²) in [7, 11) is 1.72. The molecule has 0 atom stereocenters. The van der Waals surface area contributed by atoms with Gasteiger partial charge in [0.1, 0.15) is 5.75 Å². The standard InChI is InChI=1S/C32H35BOS/c1-20-15-22(3)31(23(4)16-20)33(32-24(5)17-21(2)18-25(32)6)30(19-29-14-9-26(7)35-29)27-10-12-28(34-8)13-11-27/h9-19H,1-8H3/b30-19-. The predicted octanol–water partition coefficient (Wildman–Crippen LogP) is 7.30. The van der Waals surface area contributed by atoms with Gasteiger partial charge in [-0.05, 0) is 84.4 Å². The summed E-state index contributed by atoms with van der Waals surface area (Å²) in [6.07, 6.45) is 2.40. The van der Waals surface area contributed by atoms with Gasteiger partial charge >= 0.3 is 0 Å². The maximum Gasteiger partial charge on any atom is 0.243 e. The van der Waals surface area contributed by atoms with E-state index in [2.05, 4.69) is 115 Å². The lowest BCUT2D eigenvalue weighted by atomic mass is 9.32. The monoisotopic (exact) mass is 478 g/mol. The number of methoxy groups -OCH3 is 1. The van der Waals surface area contributed by atoms with Crippen LogP contribution in [0.2, 0.25) is 0 Å². The fourth-order valence-corrected chi connectivity index (χ4v) is 6.38. The van der Waals surface area contributed by atoms with E-state index < -0.39 is 0 Å². The van der Waals surface area contributed by atoms with Crippen molar-refractivity contribution in [2.75, 3.05) is 7.11 Å². The van der Waals surface area contributed by atoms with Crippen LogP contribution in [0.3, 0.4) is 0 Å². The summed E-state index contributed by atoms with van der Waals surface area (Å²) in [4.78, 5) is 2.61. The molecule has 4 rings (SSSR count). The molecule has 35 heavy (non-hydrogen) atoms. The molecule has 0 aliphatic heterocycles. The van der Waals surface area contributed by atoms with Crippen molar-refractivity contribution in [3.63, 3.8) is 0 Å². The molecule has 0 saturated carbocycles. The van der Waals surface area contributed by atoms with Gasteiger partial charge in [0.15, 0.2) is 0 Å². The smallest absolute Gasteiger partial charge is 0.243 e. The van der Waals surface area contributed by atoms with Crippen molar-refractivity contribution in [2.45, 2.75) is 48.5 Å². The van der Waals surface area contributed by atoms with Crippen molar-refractivity contribution >= 4 is 40.5 Å². The Balaban J connectivity index is 2.08. The van der Waals surface area contributed by atoms with E-state index in [1.165, 1.54) is 65.1 Å². The number of aryl methyl sites for hydroxylation is 7. The zero-order chi connectivity index (χ0) is 25.3. The first-order chi connectivity index (χ1) is 16.7. The van der Waals surface area contributed by atoms with Crippen LogP contribution in [0.15, 0.2) is 60.7 Å². The Hall–Kier alpha value is -3.04. The summed E-state index contributed by atoms with van der Waals surface area (Å²) in [6, 6.07) is 22.3. The number of thiophene rings is 1. The quantitative estimate of drug-likeness (QED) is 0.264. The number of benzene rings is 3. The maximum atomic E-state index is 5.49. The normalized spacial score (nSPS) is 11.6. The molecule has 0 radical (unpaired) electrons. The van der Waals surface area contributed by atoms with E-state index >= 15 is 0 Å². The third-order valence-electron chi connectivity index (χ3n) is 6.85. The lowest BCUT2D eigenvalue weighted by Gasteiger charge is -2.27. The van der Waals surface area contributed by atoms with Crippen molar-refractivity contribution in [3.8, 4) is 5.75 Å². The van der Waals surface area contributed by atoms with E-state index in [1.807, 2.05) is 11.3 Å². The van der Waals surface area contributed by atoms with Gasteiger partial charge in [-0.3, -0.25) is 0 Å². The van der Waals surface area contributed by atoms with Crippen LogP contribution in [0.1, 0.15) is 48.7 Å². The summed E-state index contributed by atoms with van der Waals surface area (Å²) in [5.74, 6) is 0.877. The molecule has 0 spiro atoms. The second kappa shape index (κ2) is 10.3. The fraction of sp³-hybridized carbons (Fsp3) is 0.250. The third-order valence-corrected chi connectivity index (χ3v) is 7.79. The van der Waals surface area contributed by atoms with E-state index in [4.69, 9.17) is 4.74 Å². The number of hydrogen-bond acceptors (Lipinski definition) is 2. The average molecular weight is 479 g/mol. The second-order valence-corrected chi connectivity index (χ2v) is 11.2. The SMILES string of the molecule is COc1ccc(/C(=C/c2ccc(C)s2)B(c2c(C)cc(C)cc2C)c2c(C)cc(C)cc2C)cc1. The molecule has 1 heterocycles. The molecular formula is C32H35BOS. The Bertz CT molecular complexity index is 1290. The molecule has 3 aromatic carbocycles. The maximum absolute atomic E-state index is 5.49. The molecule has 3 heteroatoms.